The quantitative estimate of drug-likeness (QED) is 0.579. The van der Waals surface area contributed by atoms with Crippen LogP contribution in [0.15, 0.2) is 0 Å². The molecule has 162 valence electrons. The van der Waals surface area contributed by atoms with Crippen molar-refractivity contribution in [1.29, 1.82) is 0 Å². The smallest absolute Gasteiger partial charge is 0.233 e. The van der Waals surface area contributed by atoms with Gasteiger partial charge in [-0.1, -0.05) is 19.3 Å². The number of likely N-dealkylation sites (tertiary alicyclic amines) is 2. The fourth-order valence-electron chi connectivity index (χ4n) is 5.48. The summed E-state index contributed by atoms with van der Waals surface area (Å²) in [7, 11) is 0. The van der Waals surface area contributed by atoms with Crippen LogP contribution in [0.4, 0.5) is 0 Å². The van der Waals surface area contributed by atoms with Gasteiger partial charge >= 0.3 is 0 Å². The minimum atomic E-state index is -0.510. The second kappa shape index (κ2) is 7.51. The van der Waals surface area contributed by atoms with E-state index in [1.54, 1.807) is 0 Å². The van der Waals surface area contributed by atoms with Gasteiger partial charge in [-0.3, -0.25) is 29.0 Å². The molecule has 0 N–H and O–H groups in total. The molecule has 0 spiro atoms. The van der Waals surface area contributed by atoms with E-state index in [4.69, 9.17) is 0 Å². The molecule has 0 aromatic heterocycles. The van der Waals surface area contributed by atoms with E-state index in [0.29, 0.717) is 32.1 Å². The van der Waals surface area contributed by atoms with Gasteiger partial charge < -0.3 is 0 Å². The van der Waals surface area contributed by atoms with E-state index in [1.807, 2.05) is 41.5 Å². The third kappa shape index (κ3) is 3.87. The molecule has 3 aliphatic rings. The fourth-order valence-corrected chi connectivity index (χ4v) is 5.48. The first kappa shape index (κ1) is 22.0. The number of amides is 4. The van der Waals surface area contributed by atoms with Crippen LogP contribution < -0.4 is 0 Å². The van der Waals surface area contributed by atoms with Gasteiger partial charge in [-0.25, -0.2) is 0 Å². The first-order valence-electron chi connectivity index (χ1n) is 11.1. The Balaban J connectivity index is 1.81. The van der Waals surface area contributed by atoms with Gasteiger partial charge in [-0.2, -0.15) is 0 Å². The van der Waals surface area contributed by atoms with Crippen LogP contribution in [0.25, 0.3) is 0 Å². The van der Waals surface area contributed by atoms with Crippen molar-refractivity contribution in [1.82, 2.24) is 9.80 Å². The normalized spacial score (nSPS) is 32.3. The van der Waals surface area contributed by atoms with Gasteiger partial charge in [0, 0.05) is 11.1 Å². The topological polar surface area (TPSA) is 74.8 Å². The molecule has 2 saturated heterocycles. The molecule has 4 atom stereocenters. The number of fused-ring (bicyclic) bond motifs is 2. The molecule has 6 nitrogen and oxygen atoms in total. The van der Waals surface area contributed by atoms with E-state index in [1.165, 1.54) is 9.80 Å². The molecule has 0 bridgehead atoms. The number of carbonyl (C=O) groups is 4. The second-order valence-corrected chi connectivity index (χ2v) is 11.0. The Labute approximate surface area is 174 Å². The highest BCUT2D eigenvalue weighted by molar-refractivity contribution is 6.06. The zero-order chi connectivity index (χ0) is 21.7. The number of nitrogens with zero attached hydrogens (tertiary/aromatic N) is 2. The summed E-state index contributed by atoms with van der Waals surface area (Å²) in [5, 5.41) is 0. The van der Waals surface area contributed by atoms with Crippen LogP contribution in [0.5, 0.6) is 0 Å². The maximum absolute atomic E-state index is 13.0. The van der Waals surface area contributed by atoms with Gasteiger partial charge in [0.15, 0.2) is 0 Å². The summed E-state index contributed by atoms with van der Waals surface area (Å²) in [4.78, 5) is 55.0. The van der Waals surface area contributed by atoms with Crippen LogP contribution in [0.1, 0.15) is 86.5 Å². The molecular formula is C23H36N2O4. The second-order valence-electron chi connectivity index (χ2n) is 11.0. The summed E-state index contributed by atoms with van der Waals surface area (Å²) in [5.41, 5.74) is -1.02. The van der Waals surface area contributed by atoms with Crippen LogP contribution >= 0.6 is 0 Å². The highest BCUT2D eigenvalue weighted by Gasteiger charge is 2.53. The molecule has 4 unspecified atom stereocenters. The van der Waals surface area contributed by atoms with Crippen molar-refractivity contribution in [2.24, 2.45) is 23.7 Å². The molecule has 3 rings (SSSR count). The van der Waals surface area contributed by atoms with Crippen molar-refractivity contribution in [3.05, 3.63) is 0 Å². The molecule has 2 aliphatic heterocycles. The highest BCUT2D eigenvalue weighted by Crippen LogP contribution is 2.42. The summed E-state index contributed by atoms with van der Waals surface area (Å²) in [6, 6.07) is 0. The van der Waals surface area contributed by atoms with Crippen LogP contribution in [0.3, 0.4) is 0 Å². The van der Waals surface area contributed by atoms with Crippen molar-refractivity contribution in [2.75, 3.05) is 0 Å². The fraction of sp³-hybridized carbons (Fsp3) is 0.826. The van der Waals surface area contributed by atoms with Gasteiger partial charge in [0.25, 0.3) is 0 Å². The van der Waals surface area contributed by atoms with Crippen molar-refractivity contribution in [2.45, 2.75) is 97.6 Å². The lowest BCUT2D eigenvalue weighted by Gasteiger charge is -2.30. The molecule has 0 aromatic rings. The van der Waals surface area contributed by atoms with Crippen LogP contribution in [-0.4, -0.2) is 44.5 Å². The van der Waals surface area contributed by atoms with Gasteiger partial charge in [-0.05, 0) is 67.2 Å². The predicted molar refractivity (Wildman–Crippen MR) is 109 cm³/mol. The first-order chi connectivity index (χ1) is 13.4. The maximum Gasteiger partial charge on any atom is 0.233 e. The first-order valence-corrected chi connectivity index (χ1v) is 11.1. The van der Waals surface area contributed by atoms with Crippen LogP contribution in [0.2, 0.25) is 0 Å². The molecule has 0 radical (unpaired) electrons. The summed E-state index contributed by atoms with van der Waals surface area (Å²) in [5.74, 6) is -1.29. The van der Waals surface area contributed by atoms with E-state index in [2.05, 4.69) is 0 Å². The molecular weight excluding hydrogens is 368 g/mol. The van der Waals surface area contributed by atoms with E-state index in [-0.39, 0.29) is 47.3 Å². The third-order valence-electron chi connectivity index (χ3n) is 6.77. The molecule has 6 heteroatoms. The van der Waals surface area contributed by atoms with E-state index in [9.17, 15) is 19.2 Å². The average Bonchev–Trinajstić information content (AvgIpc) is 2.93. The lowest BCUT2D eigenvalue weighted by molar-refractivity contribution is -0.147. The standard InChI is InChI=1S/C23H36N2O4/c1-22(2,3)24-18(26)14-10-7-8-11-15-17(13-9-12-16(14)20(24)28)21(29)25(19(15)27)23(4,5)6/h14-17H,7-13H2,1-6H3. The Morgan fingerprint density at radius 1 is 0.517 bits per heavy atom. The van der Waals surface area contributed by atoms with Gasteiger partial charge in [-0.15, -0.1) is 0 Å². The number of hydrogen-bond donors (Lipinski definition) is 0. The van der Waals surface area contributed by atoms with E-state index in [0.717, 1.165) is 12.8 Å². The Hall–Kier alpha value is -1.72. The zero-order valence-corrected chi connectivity index (χ0v) is 18.8. The van der Waals surface area contributed by atoms with Crippen molar-refractivity contribution in [3.8, 4) is 0 Å². The van der Waals surface area contributed by atoms with Crippen molar-refractivity contribution in [3.63, 3.8) is 0 Å². The Bertz CT molecular complexity index is 655. The molecule has 3 fully saturated rings. The molecule has 29 heavy (non-hydrogen) atoms. The maximum atomic E-state index is 13.0. The minimum Gasteiger partial charge on any atom is -0.277 e. The summed E-state index contributed by atoms with van der Waals surface area (Å²) in [6.45, 7) is 11.4. The van der Waals surface area contributed by atoms with Crippen LogP contribution in [0, 0.1) is 23.7 Å². The monoisotopic (exact) mass is 404 g/mol. The van der Waals surface area contributed by atoms with Crippen LogP contribution in [-0.2, 0) is 19.2 Å². The molecule has 2 heterocycles. The van der Waals surface area contributed by atoms with E-state index < -0.39 is 11.1 Å². The van der Waals surface area contributed by atoms with Crippen molar-refractivity contribution < 1.29 is 19.2 Å². The third-order valence-corrected chi connectivity index (χ3v) is 6.77. The molecule has 1 saturated carbocycles. The van der Waals surface area contributed by atoms with E-state index >= 15 is 0 Å². The summed E-state index contributed by atoms with van der Waals surface area (Å²) >= 11 is 0. The van der Waals surface area contributed by atoms with Gasteiger partial charge in [0.1, 0.15) is 0 Å². The lowest BCUT2D eigenvalue weighted by atomic mass is 9.85. The predicted octanol–water partition coefficient (Wildman–Crippen LogP) is 3.53. The number of imide groups is 2. The number of carbonyl (C=O) groups excluding carboxylic acids is 4. The highest BCUT2D eigenvalue weighted by atomic mass is 16.2. The molecule has 4 amide bonds. The molecule has 0 aromatic carbocycles. The zero-order valence-electron chi connectivity index (χ0n) is 18.8. The van der Waals surface area contributed by atoms with Gasteiger partial charge in [0.05, 0.1) is 23.7 Å². The average molecular weight is 405 g/mol. The lowest BCUT2D eigenvalue weighted by Crippen LogP contribution is -2.46. The largest absolute Gasteiger partial charge is 0.277 e. The Morgan fingerprint density at radius 3 is 1.00 bits per heavy atom. The van der Waals surface area contributed by atoms with Gasteiger partial charge in [0.2, 0.25) is 23.6 Å². The Morgan fingerprint density at radius 2 is 0.759 bits per heavy atom. The molecule has 1 aliphatic carbocycles. The Kier molecular flexibility index (Phi) is 5.69. The number of rotatable bonds is 0. The SMILES string of the molecule is CC(C)(C)N1C(=O)C2CCCCC3C(=O)N(C(C)(C)C)C(=O)C3CCCC2C1=O. The number of hydrogen-bond acceptors (Lipinski definition) is 4. The minimum absolute atomic E-state index is 0.0435. The summed E-state index contributed by atoms with van der Waals surface area (Å²) in [6.07, 6.45) is 4.89. The van der Waals surface area contributed by atoms with Crippen molar-refractivity contribution >= 4 is 23.6 Å². The summed E-state index contributed by atoms with van der Waals surface area (Å²) < 4.78 is 0.